The molecule has 0 saturated heterocycles. The first kappa shape index (κ1) is 28.8. The molecule has 1 radical (unpaired) electrons. The maximum absolute atomic E-state index is 8.72. The van der Waals surface area contributed by atoms with Gasteiger partial charge in [-0.3, -0.25) is 0 Å². The van der Waals surface area contributed by atoms with Crippen LogP contribution in [0.2, 0.25) is 0 Å². The van der Waals surface area contributed by atoms with E-state index in [0.717, 1.165) is 6.42 Å². The normalized spacial score (nSPS) is 10.8. The van der Waals surface area contributed by atoms with Crippen LogP contribution in [0.4, 0.5) is 0 Å². The molecule has 1 N–H and O–H groups in total. The van der Waals surface area contributed by atoms with Gasteiger partial charge in [-0.05, 0) is 6.42 Å². The van der Waals surface area contributed by atoms with Crippen LogP contribution in [0, 0.1) is 0 Å². The van der Waals surface area contributed by atoms with Crippen LogP contribution in [-0.4, -0.2) is 11.7 Å². The minimum atomic E-state index is 0. The van der Waals surface area contributed by atoms with E-state index in [0.29, 0.717) is 6.61 Å². The third kappa shape index (κ3) is 26.8. The van der Waals surface area contributed by atoms with Crippen molar-refractivity contribution in [2.45, 2.75) is 148 Å². The molecule has 0 rings (SSSR count). The van der Waals surface area contributed by atoms with Crippen LogP contribution in [0.25, 0.3) is 0 Å². The van der Waals surface area contributed by atoms with Gasteiger partial charge in [0.25, 0.3) is 0 Å². The molecule has 0 aliphatic carbocycles. The second-order valence-electron chi connectivity index (χ2n) is 8.15. The van der Waals surface area contributed by atoms with Gasteiger partial charge in [-0.15, -0.1) is 0 Å². The molecule has 0 bridgehead atoms. The Morgan fingerprint density at radius 2 is 0.538 bits per heavy atom. The summed E-state index contributed by atoms with van der Waals surface area (Å²) in [6.07, 6.45) is 31.1. The molecule has 0 fully saturated rings. The monoisotopic (exact) mass is 405 g/mol. The number of rotatable bonds is 22. The van der Waals surface area contributed by atoms with Crippen molar-refractivity contribution in [3.63, 3.8) is 0 Å². The molecule has 0 heterocycles. The van der Waals surface area contributed by atoms with E-state index in [1.54, 1.807) is 0 Å². The van der Waals surface area contributed by atoms with E-state index in [2.05, 4.69) is 6.92 Å². The summed E-state index contributed by atoms with van der Waals surface area (Å²) in [5.41, 5.74) is 0. The van der Waals surface area contributed by atoms with Crippen LogP contribution in [0.15, 0.2) is 0 Å². The standard InChI is InChI=1S/C24H50O.V/c1-2-3-4-5-6-7-8-9-10-11-12-13-14-15-16-17-18-19-20-21-22-23-24-25;/h25H,2-24H2,1H3;. The van der Waals surface area contributed by atoms with Gasteiger partial charge in [0.05, 0.1) is 0 Å². The molecule has 0 aromatic heterocycles. The third-order valence-electron chi connectivity index (χ3n) is 5.51. The minimum Gasteiger partial charge on any atom is -0.396 e. The van der Waals surface area contributed by atoms with Gasteiger partial charge in [0.2, 0.25) is 0 Å². The predicted octanol–water partition coefficient (Wildman–Crippen LogP) is 8.58. The summed E-state index contributed by atoms with van der Waals surface area (Å²) in [5.74, 6) is 0. The van der Waals surface area contributed by atoms with Gasteiger partial charge in [-0.1, -0.05) is 142 Å². The summed E-state index contributed by atoms with van der Waals surface area (Å²) in [4.78, 5) is 0. The van der Waals surface area contributed by atoms with Crippen molar-refractivity contribution in [2.24, 2.45) is 0 Å². The maximum Gasteiger partial charge on any atom is 0.0431 e. The first-order valence-corrected chi connectivity index (χ1v) is 12.0. The summed E-state index contributed by atoms with van der Waals surface area (Å²) >= 11 is 0. The van der Waals surface area contributed by atoms with Crippen LogP contribution in [0.3, 0.4) is 0 Å². The summed E-state index contributed by atoms with van der Waals surface area (Å²) in [6.45, 7) is 2.67. The van der Waals surface area contributed by atoms with Crippen molar-refractivity contribution >= 4 is 0 Å². The predicted molar refractivity (Wildman–Crippen MR) is 114 cm³/mol. The molecule has 0 aliphatic rings. The summed E-state index contributed by atoms with van der Waals surface area (Å²) in [7, 11) is 0. The molecule has 26 heavy (non-hydrogen) atoms. The molecule has 0 aliphatic heterocycles. The summed E-state index contributed by atoms with van der Waals surface area (Å²) in [6, 6.07) is 0. The molecule has 0 spiro atoms. The number of aliphatic hydroxyl groups excluding tert-OH is 1. The molecular weight excluding hydrogens is 355 g/mol. The van der Waals surface area contributed by atoms with E-state index < -0.39 is 0 Å². The molecule has 1 nitrogen and oxygen atoms in total. The van der Waals surface area contributed by atoms with Gasteiger partial charge in [0, 0.05) is 25.2 Å². The van der Waals surface area contributed by atoms with Crippen LogP contribution in [0.5, 0.6) is 0 Å². The largest absolute Gasteiger partial charge is 0.396 e. The Hall–Kier alpha value is 0.544. The van der Waals surface area contributed by atoms with E-state index in [9.17, 15) is 0 Å². The second-order valence-corrected chi connectivity index (χ2v) is 8.15. The third-order valence-corrected chi connectivity index (χ3v) is 5.51. The molecule has 2 heteroatoms. The smallest absolute Gasteiger partial charge is 0.0431 e. The molecule has 0 aromatic carbocycles. The fourth-order valence-electron chi connectivity index (χ4n) is 3.72. The Balaban J connectivity index is 0. The Morgan fingerprint density at radius 3 is 0.731 bits per heavy atom. The zero-order valence-electron chi connectivity index (χ0n) is 18.2. The number of unbranched alkanes of at least 4 members (excludes halogenated alkanes) is 21. The first-order valence-electron chi connectivity index (χ1n) is 12.0. The molecule has 0 atom stereocenters. The van der Waals surface area contributed by atoms with Gasteiger partial charge < -0.3 is 5.11 Å². The van der Waals surface area contributed by atoms with E-state index in [4.69, 9.17) is 5.11 Å². The van der Waals surface area contributed by atoms with E-state index in [1.165, 1.54) is 135 Å². The zero-order chi connectivity index (χ0) is 18.3. The van der Waals surface area contributed by atoms with E-state index >= 15 is 0 Å². The fourth-order valence-corrected chi connectivity index (χ4v) is 3.72. The fraction of sp³-hybridized carbons (Fsp3) is 1.00. The Bertz CT molecular complexity index is 198. The number of hydrogen-bond donors (Lipinski definition) is 1. The Morgan fingerprint density at radius 1 is 0.346 bits per heavy atom. The number of aliphatic hydroxyl groups is 1. The summed E-state index contributed by atoms with van der Waals surface area (Å²) in [5, 5.41) is 8.72. The topological polar surface area (TPSA) is 20.2 Å². The van der Waals surface area contributed by atoms with Gasteiger partial charge in [-0.2, -0.15) is 0 Å². The van der Waals surface area contributed by atoms with Crippen molar-refractivity contribution in [1.82, 2.24) is 0 Å². The SMILES string of the molecule is CCCCCCCCCCCCCCCCCCCCCCCCO.[V]. The quantitative estimate of drug-likeness (QED) is 0.179. The van der Waals surface area contributed by atoms with Crippen LogP contribution < -0.4 is 0 Å². The van der Waals surface area contributed by atoms with Crippen LogP contribution in [-0.2, 0) is 18.6 Å². The van der Waals surface area contributed by atoms with Gasteiger partial charge >= 0.3 is 0 Å². The van der Waals surface area contributed by atoms with Crippen molar-refractivity contribution in [1.29, 1.82) is 0 Å². The van der Waals surface area contributed by atoms with Crippen molar-refractivity contribution in [3.8, 4) is 0 Å². The average molecular weight is 406 g/mol. The molecule has 157 valence electrons. The van der Waals surface area contributed by atoms with Crippen molar-refractivity contribution in [2.75, 3.05) is 6.61 Å². The Labute approximate surface area is 178 Å². The van der Waals surface area contributed by atoms with Crippen LogP contribution in [0.1, 0.15) is 148 Å². The summed E-state index contributed by atoms with van der Waals surface area (Å²) < 4.78 is 0. The molecule has 0 unspecified atom stereocenters. The first-order chi connectivity index (χ1) is 12.4. The minimum absolute atomic E-state index is 0. The van der Waals surface area contributed by atoms with Gasteiger partial charge in [0.15, 0.2) is 0 Å². The van der Waals surface area contributed by atoms with Gasteiger partial charge in [0.1, 0.15) is 0 Å². The average Bonchev–Trinajstić information content (AvgIpc) is 2.63. The molecular formula is C24H50OV. The van der Waals surface area contributed by atoms with Gasteiger partial charge in [-0.25, -0.2) is 0 Å². The van der Waals surface area contributed by atoms with Crippen molar-refractivity contribution in [3.05, 3.63) is 0 Å². The molecule has 0 aromatic rings. The molecule has 0 amide bonds. The second kappa shape index (κ2) is 27.8. The van der Waals surface area contributed by atoms with Crippen molar-refractivity contribution < 1.29 is 23.7 Å². The van der Waals surface area contributed by atoms with E-state index in [-0.39, 0.29) is 18.6 Å². The molecule has 0 saturated carbocycles. The van der Waals surface area contributed by atoms with Crippen LogP contribution >= 0.6 is 0 Å². The van der Waals surface area contributed by atoms with E-state index in [1.807, 2.05) is 0 Å². The maximum atomic E-state index is 8.72. The zero-order valence-corrected chi connectivity index (χ0v) is 19.6. The Kier molecular flexibility index (Phi) is 30.7. The number of hydrogen-bond acceptors (Lipinski definition) is 1.